The molecule has 1 heteroatoms. The molecule has 0 aliphatic heterocycles. The Morgan fingerprint density at radius 3 is 1.58 bits per heavy atom. The van der Waals surface area contributed by atoms with Gasteiger partial charge in [0.2, 0.25) is 0 Å². The van der Waals surface area contributed by atoms with E-state index < -0.39 is 0 Å². The summed E-state index contributed by atoms with van der Waals surface area (Å²) in [7, 11) is 0. The predicted molar refractivity (Wildman–Crippen MR) is 154 cm³/mol. The molecule has 0 saturated carbocycles. The van der Waals surface area contributed by atoms with Gasteiger partial charge < -0.3 is 0 Å². The first kappa shape index (κ1) is 29.0. The van der Waals surface area contributed by atoms with Gasteiger partial charge in [0.1, 0.15) is 0 Å². The Bertz CT molecular complexity index is 1130. The molecule has 0 amide bonds. The minimum absolute atomic E-state index is 1.05. The van der Waals surface area contributed by atoms with Crippen LogP contribution in [0, 0.1) is 19.9 Å². The molecule has 1 aliphatic rings. The van der Waals surface area contributed by atoms with Gasteiger partial charge in [-0.1, -0.05) is 47.5 Å². The van der Waals surface area contributed by atoms with Gasteiger partial charge in [-0.3, -0.25) is 0 Å². The Labute approximate surface area is 233 Å². The summed E-state index contributed by atoms with van der Waals surface area (Å²) in [5, 5.41) is 0. The number of rotatable bonds is 0. The molecule has 5 aromatic carbocycles. The number of fused-ring (bicyclic) bond motifs is 3. The van der Waals surface area contributed by atoms with Gasteiger partial charge >= 0.3 is 41.3 Å². The van der Waals surface area contributed by atoms with Crippen molar-refractivity contribution in [2.45, 2.75) is 20.3 Å². The molecule has 0 nitrogen and oxygen atoms in total. The molecule has 0 heterocycles. The first-order valence-electron chi connectivity index (χ1n) is 12.0. The van der Waals surface area contributed by atoms with Gasteiger partial charge in [-0.25, -0.2) is 12.1 Å². The average Bonchev–Trinajstić information content (AvgIpc) is 3.58. The zero-order valence-electron chi connectivity index (χ0n) is 21.3. The molecule has 0 aromatic heterocycles. The van der Waals surface area contributed by atoms with Gasteiger partial charge in [0.25, 0.3) is 0 Å². The Balaban J connectivity index is 0.000000171. The monoisotopic (exact) mass is 544 g/mol. The Hall–Kier alpha value is -3.28. The van der Waals surface area contributed by atoms with Gasteiger partial charge in [-0.05, 0) is 6.42 Å². The molecule has 0 spiro atoms. The van der Waals surface area contributed by atoms with Crippen LogP contribution < -0.4 is 0 Å². The van der Waals surface area contributed by atoms with E-state index in [9.17, 15) is 0 Å². The SMILES string of the molecule is C[C](C)=[Zr].[CH2-]c1ccccc1.[CH2-]c1ccccc1.[c-]1cccc2c1Cc1ccccc1-2.c1cc[cH-]c1. The van der Waals surface area contributed by atoms with Crippen molar-refractivity contribution in [2.75, 3.05) is 0 Å². The van der Waals surface area contributed by atoms with Gasteiger partial charge in [-0.2, -0.15) is 97.3 Å². The summed E-state index contributed by atoms with van der Waals surface area (Å²) in [4.78, 5) is 0. The third kappa shape index (κ3) is 11.9. The molecule has 0 unspecified atom stereocenters. The van der Waals surface area contributed by atoms with Crippen LogP contribution in [0.5, 0.6) is 0 Å². The minimum atomic E-state index is 1.05. The molecular weight excluding hydrogens is 512 g/mol. The van der Waals surface area contributed by atoms with Crippen LogP contribution in [-0.4, -0.2) is 3.21 Å². The van der Waals surface area contributed by atoms with Crippen molar-refractivity contribution in [3.63, 3.8) is 0 Å². The maximum absolute atomic E-state index is 3.72. The minimum Gasteiger partial charge on any atom is -0.214 e. The van der Waals surface area contributed by atoms with Crippen molar-refractivity contribution < 1.29 is 24.2 Å². The first-order valence-corrected chi connectivity index (χ1v) is 13.2. The van der Waals surface area contributed by atoms with Crippen LogP contribution in [0.2, 0.25) is 0 Å². The first-order chi connectivity index (χ1) is 17.5. The number of hydrogen-bond donors (Lipinski definition) is 0. The topological polar surface area (TPSA) is 0 Å². The molecule has 5 aromatic rings. The van der Waals surface area contributed by atoms with Gasteiger partial charge in [0, 0.05) is 0 Å². The van der Waals surface area contributed by atoms with E-state index in [1.165, 1.54) is 25.5 Å². The summed E-state index contributed by atoms with van der Waals surface area (Å²) in [5.41, 5.74) is 7.65. The van der Waals surface area contributed by atoms with Crippen LogP contribution in [0.25, 0.3) is 11.1 Å². The zero-order valence-corrected chi connectivity index (χ0v) is 23.8. The molecule has 182 valence electrons. The van der Waals surface area contributed by atoms with Crippen molar-refractivity contribution >= 4 is 3.21 Å². The summed E-state index contributed by atoms with van der Waals surface area (Å²) in [6.45, 7) is 11.7. The van der Waals surface area contributed by atoms with Crippen molar-refractivity contribution in [3.05, 3.63) is 176 Å². The second-order valence-corrected chi connectivity index (χ2v) is 10.8. The number of benzene rings is 4. The normalized spacial score (nSPS) is 9.58. The fourth-order valence-electron chi connectivity index (χ4n) is 3.27. The van der Waals surface area contributed by atoms with E-state index in [1.807, 2.05) is 97.1 Å². The van der Waals surface area contributed by atoms with Crippen LogP contribution in [0.3, 0.4) is 0 Å². The quantitative estimate of drug-likeness (QED) is 0.167. The Morgan fingerprint density at radius 1 is 0.667 bits per heavy atom. The predicted octanol–water partition coefficient (Wildman–Crippen LogP) is 8.95. The second-order valence-electron chi connectivity index (χ2n) is 8.33. The van der Waals surface area contributed by atoms with E-state index >= 15 is 0 Å². The zero-order chi connectivity index (χ0) is 26.0. The van der Waals surface area contributed by atoms with E-state index in [-0.39, 0.29) is 0 Å². The van der Waals surface area contributed by atoms with Crippen LogP contribution in [-0.2, 0) is 30.7 Å². The molecule has 0 fully saturated rings. The molecule has 6 rings (SSSR count). The Kier molecular flexibility index (Phi) is 13.8. The van der Waals surface area contributed by atoms with E-state index in [2.05, 4.69) is 70.2 Å². The average molecular weight is 546 g/mol. The summed E-state index contributed by atoms with van der Waals surface area (Å²) < 4.78 is 1.51. The van der Waals surface area contributed by atoms with Crippen LogP contribution in [0.4, 0.5) is 0 Å². The summed E-state index contributed by atoms with van der Waals surface area (Å²) in [6.07, 6.45) is 1.05. The van der Waals surface area contributed by atoms with Crippen molar-refractivity contribution in [1.82, 2.24) is 0 Å². The smallest absolute Gasteiger partial charge is 0.0253 e. The standard InChI is InChI=1S/C13H9.2C7H7.C5H5.C3H6.Zr/c1-3-7-12-10(5-1)9-11-6-2-4-8-13(11)12;2*1-7-5-3-2-4-6-7;1-2-4-5-3-1;1-3-2;/h1-5,7-8H,9H2;2*2-6H,1H2;1-5H;1-2H3;/q4*-1;;. The fourth-order valence-corrected chi connectivity index (χ4v) is 3.27. The van der Waals surface area contributed by atoms with Crippen LogP contribution in [0.15, 0.2) is 133 Å². The molecule has 0 atom stereocenters. The third-order valence-electron chi connectivity index (χ3n) is 4.86. The maximum atomic E-state index is 3.72. The molecule has 1 aliphatic carbocycles. The van der Waals surface area contributed by atoms with Crippen LogP contribution in [0.1, 0.15) is 36.1 Å². The molecular formula is C35H34Zr-4. The maximum Gasteiger partial charge on any atom is -0.0253 e. The molecule has 0 N–H and O–H groups in total. The summed E-state index contributed by atoms with van der Waals surface area (Å²) in [5.74, 6) is 0. The van der Waals surface area contributed by atoms with Gasteiger partial charge in [-0.15, -0.1) is 29.8 Å². The summed E-state index contributed by atoms with van der Waals surface area (Å²) in [6, 6.07) is 47.9. The van der Waals surface area contributed by atoms with Crippen molar-refractivity contribution in [1.29, 1.82) is 0 Å². The van der Waals surface area contributed by atoms with E-state index in [0.29, 0.717) is 0 Å². The van der Waals surface area contributed by atoms with Crippen LogP contribution >= 0.6 is 0 Å². The third-order valence-corrected chi connectivity index (χ3v) is 4.86. The molecule has 0 radical (unpaired) electrons. The van der Waals surface area contributed by atoms with Gasteiger partial charge in [0.15, 0.2) is 0 Å². The van der Waals surface area contributed by atoms with E-state index in [1.54, 1.807) is 24.2 Å². The van der Waals surface area contributed by atoms with E-state index in [0.717, 1.165) is 17.5 Å². The van der Waals surface area contributed by atoms with Gasteiger partial charge in [0.05, 0.1) is 0 Å². The van der Waals surface area contributed by atoms with E-state index in [4.69, 9.17) is 0 Å². The molecule has 0 saturated heterocycles. The fraction of sp³-hybridized carbons (Fsp3) is 0.0857. The molecule has 36 heavy (non-hydrogen) atoms. The number of hydrogen-bond acceptors (Lipinski definition) is 0. The second kappa shape index (κ2) is 17.2. The van der Waals surface area contributed by atoms with Crippen molar-refractivity contribution in [3.8, 4) is 11.1 Å². The summed E-state index contributed by atoms with van der Waals surface area (Å²) >= 11 is 1.55. The largest absolute Gasteiger partial charge is 0.214 e. The molecule has 0 bridgehead atoms. The Morgan fingerprint density at radius 2 is 1.14 bits per heavy atom. The van der Waals surface area contributed by atoms with Crippen molar-refractivity contribution in [2.24, 2.45) is 0 Å².